The fraction of sp³-hybridized carbons (Fsp3) is 0.389. The Bertz CT molecular complexity index is 936. The maximum absolute atomic E-state index is 12.6. The van der Waals surface area contributed by atoms with Gasteiger partial charge in [0.1, 0.15) is 0 Å². The normalized spacial score (nSPS) is 12.6. The van der Waals surface area contributed by atoms with Gasteiger partial charge in [-0.1, -0.05) is 23.2 Å². The highest BCUT2D eigenvalue weighted by Crippen LogP contribution is 2.26. The molecule has 0 fully saturated rings. The van der Waals surface area contributed by atoms with Crippen LogP contribution in [0.5, 0.6) is 6.01 Å². The Hall–Kier alpha value is -1.72. The van der Waals surface area contributed by atoms with Crippen molar-refractivity contribution >= 4 is 33.2 Å². The molecule has 0 bridgehead atoms. The fourth-order valence-corrected chi connectivity index (χ4v) is 4.10. The number of aromatic nitrogens is 2. The molecule has 0 saturated heterocycles. The molecule has 9 heteroatoms. The van der Waals surface area contributed by atoms with Crippen LogP contribution in [0.3, 0.4) is 0 Å². The summed E-state index contributed by atoms with van der Waals surface area (Å²) in [4.78, 5) is 4.29. The van der Waals surface area contributed by atoms with E-state index in [1.165, 1.54) is 18.2 Å². The fourth-order valence-electron chi connectivity index (χ4n) is 2.49. The molecule has 1 unspecified atom stereocenters. The van der Waals surface area contributed by atoms with Crippen molar-refractivity contribution in [2.75, 3.05) is 6.61 Å². The summed E-state index contributed by atoms with van der Waals surface area (Å²) >= 11 is 11.8. The number of benzene rings is 1. The van der Waals surface area contributed by atoms with Crippen LogP contribution in [0.4, 0.5) is 0 Å². The van der Waals surface area contributed by atoms with E-state index in [-0.39, 0.29) is 9.92 Å². The molecule has 27 heavy (non-hydrogen) atoms. The predicted molar refractivity (Wildman–Crippen MR) is 107 cm³/mol. The van der Waals surface area contributed by atoms with Crippen LogP contribution >= 0.6 is 23.2 Å². The van der Waals surface area contributed by atoms with Crippen LogP contribution in [0.25, 0.3) is 0 Å². The molecule has 1 aromatic heterocycles. The number of terminal acetylenes is 1. The van der Waals surface area contributed by atoms with Crippen LogP contribution in [-0.2, 0) is 16.6 Å². The first-order valence-electron chi connectivity index (χ1n) is 8.39. The van der Waals surface area contributed by atoms with Crippen molar-refractivity contribution in [1.82, 2.24) is 14.3 Å². The zero-order valence-corrected chi connectivity index (χ0v) is 17.4. The molecule has 1 N–H and O–H groups in total. The van der Waals surface area contributed by atoms with E-state index in [0.717, 1.165) is 6.42 Å². The number of hydrogen-bond acceptors (Lipinski definition) is 4. The molecule has 1 aromatic carbocycles. The second-order valence-corrected chi connectivity index (χ2v) is 8.31. The number of nitrogens with one attached hydrogen (secondary N) is 1. The molecular weight excluding hydrogens is 409 g/mol. The summed E-state index contributed by atoms with van der Waals surface area (Å²) < 4.78 is 35.4. The van der Waals surface area contributed by atoms with E-state index in [1.807, 2.05) is 11.5 Å². The van der Waals surface area contributed by atoms with Crippen molar-refractivity contribution in [3.63, 3.8) is 0 Å². The van der Waals surface area contributed by atoms with Gasteiger partial charge in [0.15, 0.2) is 0 Å². The van der Waals surface area contributed by atoms with Gasteiger partial charge < -0.3 is 4.74 Å². The zero-order valence-electron chi connectivity index (χ0n) is 15.1. The maximum atomic E-state index is 12.6. The maximum Gasteiger partial charge on any atom is 0.296 e. The quantitative estimate of drug-likeness (QED) is 0.482. The molecular formula is C18H21Cl2N3O3S. The second kappa shape index (κ2) is 9.47. The minimum Gasteiger partial charge on any atom is -0.465 e. The summed E-state index contributed by atoms with van der Waals surface area (Å²) in [6.07, 6.45) is 8.17. The highest BCUT2D eigenvalue weighted by Gasteiger charge is 2.23. The van der Waals surface area contributed by atoms with Crippen LogP contribution in [0.1, 0.15) is 38.4 Å². The molecule has 0 spiro atoms. The van der Waals surface area contributed by atoms with Crippen molar-refractivity contribution in [3.8, 4) is 18.4 Å². The molecule has 0 amide bonds. The standard InChI is InChI=1S/C18H21Cl2N3O3S/c1-4-6-7-10-26-18-21-12-17(23(18)5-2)13(3)22-27(24,25)14-8-9-15(19)16(20)11-14/h1,8-9,11-13,22H,5-7,10H2,2-3H3. The van der Waals surface area contributed by atoms with Gasteiger partial charge in [-0.2, -0.15) is 0 Å². The molecule has 6 nitrogen and oxygen atoms in total. The Morgan fingerprint density at radius 3 is 2.74 bits per heavy atom. The lowest BCUT2D eigenvalue weighted by atomic mass is 10.3. The van der Waals surface area contributed by atoms with Crippen LogP contribution < -0.4 is 9.46 Å². The summed E-state index contributed by atoms with van der Waals surface area (Å²) in [5, 5.41) is 0.466. The summed E-state index contributed by atoms with van der Waals surface area (Å²) in [6, 6.07) is 4.07. The number of nitrogens with zero attached hydrogens (tertiary/aromatic N) is 2. The molecule has 1 heterocycles. The molecule has 0 radical (unpaired) electrons. The molecule has 146 valence electrons. The third kappa shape index (κ3) is 5.39. The van der Waals surface area contributed by atoms with Crippen LogP contribution in [0.15, 0.2) is 29.3 Å². The van der Waals surface area contributed by atoms with Gasteiger partial charge in [0.2, 0.25) is 10.0 Å². The number of hydrogen-bond donors (Lipinski definition) is 1. The van der Waals surface area contributed by atoms with E-state index in [1.54, 1.807) is 13.1 Å². The average molecular weight is 430 g/mol. The van der Waals surface area contributed by atoms with Gasteiger partial charge in [0.05, 0.1) is 39.5 Å². The largest absolute Gasteiger partial charge is 0.465 e. The van der Waals surface area contributed by atoms with Crippen LogP contribution in [0.2, 0.25) is 10.0 Å². The van der Waals surface area contributed by atoms with E-state index in [2.05, 4.69) is 15.6 Å². The Balaban J connectivity index is 2.17. The molecule has 0 saturated carbocycles. The number of imidazole rings is 1. The molecule has 2 rings (SSSR count). The smallest absolute Gasteiger partial charge is 0.296 e. The number of halogens is 2. The first-order chi connectivity index (χ1) is 12.8. The van der Waals surface area contributed by atoms with E-state index in [0.29, 0.717) is 36.3 Å². The molecule has 2 aromatic rings. The number of ether oxygens (including phenoxy) is 1. The third-order valence-electron chi connectivity index (χ3n) is 3.84. The van der Waals surface area contributed by atoms with Gasteiger partial charge in [-0.15, -0.1) is 12.3 Å². The monoisotopic (exact) mass is 429 g/mol. The van der Waals surface area contributed by atoms with E-state index < -0.39 is 16.1 Å². The van der Waals surface area contributed by atoms with Crippen molar-refractivity contribution < 1.29 is 13.2 Å². The van der Waals surface area contributed by atoms with Crippen molar-refractivity contribution in [3.05, 3.63) is 40.1 Å². The molecule has 0 aliphatic rings. The number of unbranched alkanes of at least 4 members (excludes halogenated alkanes) is 1. The predicted octanol–water partition coefficient (Wildman–Crippen LogP) is 4.04. The minimum atomic E-state index is -3.78. The Kier molecular flexibility index (Phi) is 7.57. The Morgan fingerprint density at radius 1 is 1.37 bits per heavy atom. The minimum absolute atomic E-state index is 0.0390. The van der Waals surface area contributed by atoms with Crippen LogP contribution in [0, 0.1) is 12.3 Å². The second-order valence-electron chi connectivity index (χ2n) is 5.78. The van der Waals surface area contributed by atoms with Crippen molar-refractivity contribution in [2.45, 2.75) is 44.2 Å². The average Bonchev–Trinajstić information content (AvgIpc) is 3.03. The Morgan fingerprint density at radius 2 is 2.11 bits per heavy atom. The zero-order chi connectivity index (χ0) is 20.0. The lowest BCUT2D eigenvalue weighted by molar-refractivity contribution is 0.273. The van der Waals surface area contributed by atoms with Gasteiger partial charge in [0.25, 0.3) is 6.01 Å². The highest BCUT2D eigenvalue weighted by atomic mass is 35.5. The molecule has 0 aliphatic heterocycles. The van der Waals surface area contributed by atoms with Crippen LogP contribution in [-0.4, -0.2) is 24.6 Å². The summed E-state index contributed by atoms with van der Waals surface area (Å²) in [6.45, 7) is 4.70. The van der Waals surface area contributed by atoms with Gasteiger partial charge in [-0.25, -0.2) is 18.1 Å². The topological polar surface area (TPSA) is 73.2 Å². The van der Waals surface area contributed by atoms with Crippen molar-refractivity contribution in [2.24, 2.45) is 0 Å². The Labute approximate surface area is 169 Å². The highest BCUT2D eigenvalue weighted by molar-refractivity contribution is 7.89. The third-order valence-corrected chi connectivity index (χ3v) is 6.12. The SMILES string of the molecule is C#CCCCOc1ncc(C(C)NS(=O)(=O)c2ccc(Cl)c(Cl)c2)n1CC. The van der Waals surface area contributed by atoms with Crippen molar-refractivity contribution in [1.29, 1.82) is 0 Å². The van der Waals surface area contributed by atoms with Gasteiger partial charge in [0, 0.05) is 13.0 Å². The van der Waals surface area contributed by atoms with E-state index in [4.69, 9.17) is 34.4 Å². The molecule has 0 aliphatic carbocycles. The number of sulfonamides is 1. The lowest BCUT2D eigenvalue weighted by Crippen LogP contribution is -2.28. The molecule has 1 atom stereocenters. The summed E-state index contributed by atoms with van der Waals surface area (Å²) in [7, 11) is -3.78. The first-order valence-corrected chi connectivity index (χ1v) is 10.6. The van der Waals surface area contributed by atoms with Gasteiger partial charge in [-0.05, 0) is 38.5 Å². The number of rotatable bonds is 9. The van der Waals surface area contributed by atoms with Gasteiger partial charge in [-0.3, -0.25) is 4.57 Å². The first kappa shape index (κ1) is 21.6. The van der Waals surface area contributed by atoms with E-state index >= 15 is 0 Å². The summed E-state index contributed by atoms with van der Waals surface area (Å²) in [5.74, 6) is 2.55. The lowest BCUT2D eigenvalue weighted by Gasteiger charge is -2.17. The summed E-state index contributed by atoms with van der Waals surface area (Å²) in [5.41, 5.74) is 0.688. The van der Waals surface area contributed by atoms with Gasteiger partial charge >= 0.3 is 0 Å². The van der Waals surface area contributed by atoms with E-state index in [9.17, 15) is 8.42 Å².